The maximum absolute atomic E-state index is 5.29. The predicted molar refractivity (Wildman–Crippen MR) is 116 cm³/mol. The first-order valence-electron chi connectivity index (χ1n) is 9.61. The molecule has 1 N–H and O–H groups in total. The fraction of sp³-hybridized carbons (Fsp3) is 0.833. The number of rotatable bonds is 8. The molecule has 0 bridgehead atoms. The van der Waals surface area contributed by atoms with Crippen LogP contribution in [0.25, 0.3) is 0 Å². The van der Waals surface area contributed by atoms with E-state index in [1.807, 2.05) is 0 Å². The number of guanidine groups is 1. The highest BCUT2D eigenvalue weighted by Gasteiger charge is 2.24. The summed E-state index contributed by atoms with van der Waals surface area (Å²) >= 11 is 0. The average Bonchev–Trinajstić information content (AvgIpc) is 3.23. The standard InChI is InChI=1S/C18H34N6O.HI/c1-6-19-18(23(5)13-15-9-8-12-24(15)7-2)20-11-10-16-21-17(14(3)4)22-25-16;/h14-15H,6-13H2,1-5H3,(H,19,20);1H. The molecule has 1 saturated heterocycles. The van der Waals surface area contributed by atoms with Crippen LogP contribution in [0.5, 0.6) is 0 Å². The normalized spacial score (nSPS) is 18.2. The van der Waals surface area contributed by atoms with Crippen molar-refractivity contribution in [3.63, 3.8) is 0 Å². The van der Waals surface area contributed by atoms with E-state index in [9.17, 15) is 0 Å². The van der Waals surface area contributed by atoms with Crippen molar-refractivity contribution >= 4 is 29.9 Å². The van der Waals surface area contributed by atoms with Crippen LogP contribution in [0.15, 0.2) is 9.52 Å². The molecule has 7 nitrogen and oxygen atoms in total. The van der Waals surface area contributed by atoms with Gasteiger partial charge < -0.3 is 14.7 Å². The summed E-state index contributed by atoms with van der Waals surface area (Å²) in [7, 11) is 2.12. The highest BCUT2D eigenvalue weighted by atomic mass is 127. The summed E-state index contributed by atoms with van der Waals surface area (Å²) in [6.07, 6.45) is 3.25. The molecule has 1 unspecified atom stereocenters. The smallest absolute Gasteiger partial charge is 0.228 e. The summed E-state index contributed by atoms with van der Waals surface area (Å²) in [6, 6.07) is 0.628. The maximum atomic E-state index is 5.29. The second kappa shape index (κ2) is 11.7. The maximum Gasteiger partial charge on any atom is 0.228 e. The van der Waals surface area contributed by atoms with Crippen LogP contribution in [-0.2, 0) is 6.42 Å². The van der Waals surface area contributed by atoms with Gasteiger partial charge in [-0.15, -0.1) is 24.0 Å². The lowest BCUT2D eigenvalue weighted by atomic mass is 10.2. The van der Waals surface area contributed by atoms with Crippen molar-refractivity contribution in [1.82, 2.24) is 25.3 Å². The highest BCUT2D eigenvalue weighted by Crippen LogP contribution is 2.17. The Labute approximate surface area is 175 Å². The SMILES string of the molecule is CCNC(=NCCc1nc(C(C)C)no1)N(C)CC1CCCN1CC.I. The molecule has 26 heavy (non-hydrogen) atoms. The molecule has 8 heteroatoms. The van der Waals surface area contributed by atoms with E-state index < -0.39 is 0 Å². The summed E-state index contributed by atoms with van der Waals surface area (Å²) in [5, 5.41) is 7.39. The fourth-order valence-corrected chi connectivity index (χ4v) is 3.25. The van der Waals surface area contributed by atoms with Crippen molar-refractivity contribution in [3.05, 3.63) is 11.7 Å². The second-order valence-electron chi connectivity index (χ2n) is 6.99. The summed E-state index contributed by atoms with van der Waals surface area (Å²) in [4.78, 5) is 14.0. The minimum Gasteiger partial charge on any atom is -0.357 e. The Bertz CT molecular complexity index is 548. The van der Waals surface area contributed by atoms with Crippen LogP contribution in [0.4, 0.5) is 0 Å². The topological polar surface area (TPSA) is 69.8 Å². The summed E-state index contributed by atoms with van der Waals surface area (Å²) in [6.45, 7) is 13.3. The zero-order chi connectivity index (χ0) is 18.2. The number of aromatic nitrogens is 2. The number of halogens is 1. The molecule has 0 radical (unpaired) electrons. The van der Waals surface area contributed by atoms with Crippen LogP contribution in [0.1, 0.15) is 58.2 Å². The number of hydrogen-bond donors (Lipinski definition) is 1. The van der Waals surface area contributed by atoms with E-state index >= 15 is 0 Å². The van der Waals surface area contributed by atoms with Gasteiger partial charge in [-0.2, -0.15) is 4.98 Å². The Morgan fingerprint density at radius 3 is 2.81 bits per heavy atom. The molecule has 1 aliphatic heterocycles. The Morgan fingerprint density at radius 2 is 2.19 bits per heavy atom. The van der Waals surface area contributed by atoms with Crippen molar-refractivity contribution in [2.24, 2.45) is 4.99 Å². The Hall–Kier alpha value is -0.900. The first-order chi connectivity index (χ1) is 12.0. The zero-order valence-corrected chi connectivity index (χ0v) is 19.2. The summed E-state index contributed by atoms with van der Waals surface area (Å²) in [5.41, 5.74) is 0. The van der Waals surface area contributed by atoms with E-state index in [1.54, 1.807) is 0 Å². The van der Waals surface area contributed by atoms with Gasteiger partial charge in [-0.05, 0) is 32.9 Å². The van der Waals surface area contributed by atoms with Crippen LogP contribution < -0.4 is 5.32 Å². The molecule has 0 spiro atoms. The van der Waals surface area contributed by atoms with Crippen molar-refractivity contribution < 1.29 is 4.52 Å². The van der Waals surface area contributed by atoms with Crippen molar-refractivity contribution in [1.29, 1.82) is 0 Å². The molecular weight excluding hydrogens is 443 g/mol. The van der Waals surface area contributed by atoms with Gasteiger partial charge in [0.1, 0.15) is 0 Å². The first kappa shape index (κ1) is 23.1. The van der Waals surface area contributed by atoms with E-state index in [0.29, 0.717) is 24.9 Å². The third-order valence-corrected chi connectivity index (χ3v) is 4.67. The molecule has 0 aliphatic carbocycles. The largest absolute Gasteiger partial charge is 0.357 e. The lowest BCUT2D eigenvalue weighted by Gasteiger charge is -2.29. The molecule has 1 fully saturated rings. The molecule has 1 atom stereocenters. The van der Waals surface area contributed by atoms with Crippen LogP contribution >= 0.6 is 24.0 Å². The van der Waals surface area contributed by atoms with E-state index in [0.717, 1.165) is 31.4 Å². The van der Waals surface area contributed by atoms with Crippen LogP contribution in [0.3, 0.4) is 0 Å². The summed E-state index contributed by atoms with van der Waals surface area (Å²) in [5.74, 6) is 2.68. The van der Waals surface area contributed by atoms with E-state index in [4.69, 9.17) is 9.52 Å². The van der Waals surface area contributed by atoms with Crippen molar-refractivity contribution in [3.8, 4) is 0 Å². The molecule has 0 aromatic carbocycles. The molecule has 1 aromatic heterocycles. The highest BCUT2D eigenvalue weighted by molar-refractivity contribution is 14.0. The Morgan fingerprint density at radius 1 is 1.42 bits per heavy atom. The van der Waals surface area contributed by atoms with Crippen LogP contribution in [-0.4, -0.2) is 71.7 Å². The molecule has 0 amide bonds. The molecule has 1 aliphatic rings. The van der Waals surface area contributed by atoms with Gasteiger partial charge in [0.05, 0.1) is 6.54 Å². The number of likely N-dealkylation sites (N-methyl/N-ethyl adjacent to an activating group) is 2. The van der Waals surface area contributed by atoms with Crippen LogP contribution in [0, 0.1) is 0 Å². The first-order valence-corrected chi connectivity index (χ1v) is 9.61. The van der Waals surface area contributed by atoms with Gasteiger partial charge in [0.25, 0.3) is 0 Å². The third kappa shape index (κ3) is 6.68. The summed E-state index contributed by atoms with van der Waals surface area (Å²) < 4.78 is 5.29. The van der Waals surface area contributed by atoms with Gasteiger partial charge in [0.2, 0.25) is 5.89 Å². The van der Waals surface area contributed by atoms with E-state index in [2.05, 4.69) is 60.0 Å². The van der Waals surface area contributed by atoms with Gasteiger partial charge in [-0.1, -0.05) is 25.9 Å². The molecule has 0 saturated carbocycles. The average molecular weight is 478 g/mol. The lowest BCUT2D eigenvalue weighted by Crippen LogP contribution is -2.46. The number of nitrogens with one attached hydrogen (secondary N) is 1. The van der Waals surface area contributed by atoms with E-state index in [1.165, 1.54) is 19.4 Å². The zero-order valence-electron chi connectivity index (χ0n) is 16.9. The van der Waals surface area contributed by atoms with Crippen molar-refractivity contribution in [2.75, 3.05) is 39.8 Å². The lowest BCUT2D eigenvalue weighted by molar-refractivity contribution is 0.232. The van der Waals surface area contributed by atoms with Crippen LogP contribution in [0.2, 0.25) is 0 Å². The molecule has 150 valence electrons. The molecule has 2 rings (SSSR count). The monoisotopic (exact) mass is 478 g/mol. The number of nitrogens with zero attached hydrogens (tertiary/aromatic N) is 5. The van der Waals surface area contributed by atoms with Gasteiger partial charge in [0, 0.05) is 38.5 Å². The molecule has 1 aromatic rings. The Kier molecular flexibility index (Phi) is 10.4. The molecule has 2 heterocycles. The predicted octanol–water partition coefficient (Wildman–Crippen LogP) is 2.74. The quantitative estimate of drug-likeness (QED) is 0.352. The minimum absolute atomic E-state index is 0. The number of likely N-dealkylation sites (tertiary alicyclic amines) is 1. The van der Waals surface area contributed by atoms with Gasteiger partial charge in [-0.3, -0.25) is 9.89 Å². The van der Waals surface area contributed by atoms with Gasteiger partial charge in [-0.25, -0.2) is 0 Å². The minimum atomic E-state index is 0. The van der Waals surface area contributed by atoms with Gasteiger partial charge >= 0.3 is 0 Å². The third-order valence-electron chi connectivity index (χ3n) is 4.67. The fourth-order valence-electron chi connectivity index (χ4n) is 3.25. The number of aliphatic imine (C=N–C) groups is 1. The number of hydrogen-bond acceptors (Lipinski definition) is 5. The van der Waals surface area contributed by atoms with Gasteiger partial charge in [0.15, 0.2) is 11.8 Å². The Balaban J connectivity index is 0.00000338. The van der Waals surface area contributed by atoms with E-state index in [-0.39, 0.29) is 29.9 Å². The molecular formula is C18H35IN6O. The van der Waals surface area contributed by atoms with Crippen molar-refractivity contribution in [2.45, 2.75) is 58.9 Å². The second-order valence-corrected chi connectivity index (χ2v) is 6.99.